The van der Waals surface area contributed by atoms with E-state index in [0.29, 0.717) is 12.5 Å². The second-order valence-electron chi connectivity index (χ2n) is 7.41. The molecule has 5 nitrogen and oxygen atoms in total. The molecule has 1 aliphatic rings. The highest BCUT2D eigenvalue weighted by atomic mass is 16.6. The van der Waals surface area contributed by atoms with Gasteiger partial charge in [-0.05, 0) is 64.2 Å². The maximum Gasteiger partial charge on any atom is 0.410 e. The number of nitrogens with one attached hydrogen (secondary N) is 1. The Morgan fingerprint density at radius 3 is 2.58 bits per heavy atom. The standard InChI is InChI=1S/C19H30N2O3/c1-19(2,3)24-18(23)21-12-4-5-16(10-13-21)20-17-8-6-15(7-9-17)11-14-22/h6-9,16,20,22H,4-5,10-14H2,1-3H3/t16-/m0/s1. The van der Waals surface area contributed by atoms with Gasteiger partial charge in [-0.1, -0.05) is 12.1 Å². The normalized spacial score (nSPS) is 18.8. The largest absolute Gasteiger partial charge is 0.444 e. The Morgan fingerprint density at radius 1 is 1.25 bits per heavy atom. The monoisotopic (exact) mass is 334 g/mol. The van der Waals surface area contributed by atoms with Crippen molar-refractivity contribution in [2.75, 3.05) is 25.0 Å². The lowest BCUT2D eigenvalue weighted by molar-refractivity contribution is 0.0256. The number of carbonyl (C=O) groups excluding carboxylic acids is 1. The Bertz CT molecular complexity index is 522. The third-order valence-electron chi connectivity index (χ3n) is 4.10. The number of carbonyl (C=O) groups is 1. The molecule has 0 aliphatic carbocycles. The molecule has 0 radical (unpaired) electrons. The van der Waals surface area contributed by atoms with E-state index < -0.39 is 5.60 Å². The highest BCUT2D eigenvalue weighted by Gasteiger charge is 2.25. The molecule has 24 heavy (non-hydrogen) atoms. The van der Waals surface area contributed by atoms with Crippen LogP contribution >= 0.6 is 0 Å². The predicted molar refractivity (Wildman–Crippen MR) is 96.3 cm³/mol. The average Bonchev–Trinajstić information content (AvgIpc) is 2.73. The van der Waals surface area contributed by atoms with Crippen LogP contribution in [-0.2, 0) is 11.2 Å². The number of benzene rings is 1. The van der Waals surface area contributed by atoms with Crippen LogP contribution < -0.4 is 5.32 Å². The molecular formula is C19H30N2O3. The summed E-state index contributed by atoms with van der Waals surface area (Å²) in [7, 11) is 0. The number of amides is 1. The number of aliphatic hydroxyl groups excluding tert-OH is 1. The van der Waals surface area contributed by atoms with Crippen molar-refractivity contribution in [3.63, 3.8) is 0 Å². The fourth-order valence-electron chi connectivity index (χ4n) is 2.88. The van der Waals surface area contributed by atoms with Gasteiger partial charge in [0.15, 0.2) is 0 Å². The van der Waals surface area contributed by atoms with E-state index in [1.807, 2.05) is 37.8 Å². The number of anilines is 1. The minimum Gasteiger partial charge on any atom is -0.444 e. The molecule has 134 valence electrons. The molecule has 2 N–H and O–H groups in total. The first-order valence-electron chi connectivity index (χ1n) is 8.81. The number of likely N-dealkylation sites (tertiary alicyclic amines) is 1. The highest BCUT2D eigenvalue weighted by Crippen LogP contribution is 2.19. The van der Waals surface area contributed by atoms with Crippen LogP contribution in [0.5, 0.6) is 0 Å². The van der Waals surface area contributed by atoms with Gasteiger partial charge in [-0.25, -0.2) is 4.79 Å². The van der Waals surface area contributed by atoms with Crippen molar-refractivity contribution in [1.29, 1.82) is 0 Å². The van der Waals surface area contributed by atoms with Crippen molar-refractivity contribution < 1.29 is 14.6 Å². The Kier molecular flexibility index (Phi) is 6.49. The molecule has 1 aromatic rings. The van der Waals surface area contributed by atoms with Crippen LogP contribution in [0.1, 0.15) is 45.6 Å². The summed E-state index contributed by atoms with van der Waals surface area (Å²) >= 11 is 0. The topological polar surface area (TPSA) is 61.8 Å². The summed E-state index contributed by atoms with van der Waals surface area (Å²) in [4.78, 5) is 14.0. The van der Waals surface area contributed by atoms with Gasteiger partial charge in [0.25, 0.3) is 0 Å². The van der Waals surface area contributed by atoms with Crippen molar-refractivity contribution in [3.05, 3.63) is 29.8 Å². The molecule has 1 aromatic carbocycles. The number of hydrogen-bond acceptors (Lipinski definition) is 4. The molecule has 0 saturated carbocycles. The summed E-state index contributed by atoms with van der Waals surface area (Å²) in [6.07, 6.45) is 3.40. The minimum absolute atomic E-state index is 0.176. The number of rotatable bonds is 4. The van der Waals surface area contributed by atoms with E-state index in [-0.39, 0.29) is 12.7 Å². The zero-order chi connectivity index (χ0) is 17.6. The van der Waals surface area contributed by atoms with E-state index >= 15 is 0 Å². The Hall–Kier alpha value is -1.75. The summed E-state index contributed by atoms with van der Waals surface area (Å²) in [6.45, 7) is 7.34. The quantitative estimate of drug-likeness (QED) is 0.886. The fraction of sp³-hybridized carbons (Fsp3) is 0.632. The fourth-order valence-corrected chi connectivity index (χ4v) is 2.88. The molecule has 0 unspecified atom stereocenters. The minimum atomic E-state index is -0.447. The molecule has 1 aliphatic heterocycles. The number of nitrogens with zero attached hydrogens (tertiary/aromatic N) is 1. The van der Waals surface area contributed by atoms with Gasteiger partial charge in [0.05, 0.1) is 0 Å². The van der Waals surface area contributed by atoms with Gasteiger partial charge in [-0.15, -0.1) is 0 Å². The summed E-state index contributed by atoms with van der Waals surface area (Å²) in [5.41, 5.74) is 1.78. The van der Waals surface area contributed by atoms with Gasteiger partial charge in [-0.3, -0.25) is 0 Å². The molecule has 1 amide bonds. The first-order valence-corrected chi connectivity index (χ1v) is 8.81. The van der Waals surface area contributed by atoms with Gasteiger partial charge < -0.3 is 20.1 Å². The van der Waals surface area contributed by atoms with Gasteiger partial charge in [0, 0.05) is 31.4 Å². The van der Waals surface area contributed by atoms with Crippen LogP contribution in [0.3, 0.4) is 0 Å². The summed E-state index contributed by atoms with van der Waals surface area (Å²) in [5, 5.41) is 12.5. The van der Waals surface area contributed by atoms with Crippen molar-refractivity contribution in [3.8, 4) is 0 Å². The number of ether oxygens (including phenoxy) is 1. The molecular weight excluding hydrogens is 304 g/mol. The van der Waals surface area contributed by atoms with E-state index in [1.165, 1.54) is 0 Å². The maximum absolute atomic E-state index is 12.2. The van der Waals surface area contributed by atoms with Crippen LogP contribution in [0.15, 0.2) is 24.3 Å². The molecule has 1 fully saturated rings. The molecule has 1 atom stereocenters. The Morgan fingerprint density at radius 2 is 1.96 bits per heavy atom. The first-order chi connectivity index (χ1) is 11.4. The summed E-state index contributed by atoms with van der Waals surface area (Å²) in [6, 6.07) is 8.56. The lowest BCUT2D eigenvalue weighted by atomic mass is 10.1. The molecule has 1 heterocycles. The van der Waals surface area contributed by atoms with Gasteiger partial charge in [-0.2, -0.15) is 0 Å². The lowest BCUT2D eigenvalue weighted by Gasteiger charge is -2.26. The summed E-state index contributed by atoms with van der Waals surface area (Å²) < 4.78 is 5.47. The molecule has 0 aromatic heterocycles. The summed E-state index contributed by atoms with van der Waals surface area (Å²) in [5.74, 6) is 0. The maximum atomic E-state index is 12.2. The lowest BCUT2D eigenvalue weighted by Crippen LogP contribution is -2.37. The second kappa shape index (κ2) is 8.38. The molecule has 5 heteroatoms. The Balaban J connectivity index is 1.85. The van der Waals surface area contributed by atoms with Crippen LogP contribution in [0.4, 0.5) is 10.5 Å². The van der Waals surface area contributed by atoms with E-state index in [9.17, 15) is 4.79 Å². The van der Waals surface area contributed by atoms with Crippen LogP contribution in [0.25, 0.3) is 0 Å². The van der Waals surface area contributed by atoms with Crippen molar-refractivity contribution in [2.24, 2.45) is 0 Å². The van der Waals surface area contributed by atoms with Crippen LogP contribution in [0, 0.1) is 0 Å². The number of aliphatic hydroxyl groups is 1. The third-order valence-corrected chi connectivity index (χ3v) is 4.10. The third kappa shape index (κ3) is 6.04. The highest BCUT2D eigenvalue weighted by molar-refractivity contribution is 5.68. The second-order valence-corrected chi connectivity index (χ2v) is 7.41. The zero-order valence-corrected chi connectivity index (χ0v) is 15.0. The van der Waals surface area contributed by atoms with E-state index in [1.54, 1.807) is 0 Å². The van der Waals surface area contributed by atoms with Crippen LogP contribution in [-0.4, -0.2) is 47.4 Å². The zero-order valence-electron chi connectivity index (χ0n) is 15.0. The Labute approximate surface area is 145 Å². The smallest absolute Gasteiger partial charge is 0.410 e. The van der Waals surface area contributed by atoms with Crippen molar-refractivity contribution in [2.45, 2.75) is 58.1 Å². The molecule has 2 rings (SSSR count). The van der Waals surface area contributed by atoms with E-state index in [2.05, 4.69) is 17.4 Å². The van der Waals surface area contributed by atoms with E-state index in [4.69, 9.17) is 9.84 Å². The van der Waals surface area contributed by atoms with Gasteiger partial charge in [0.2, 0.25) is 0 Å². The molecule has 0 spiro atoms. The number of hydrogen-bond donors (Lipinski definition) is 2. The average molecular weight is 334 g/mol. The van der Waals surface area contributed by atoms with Gasteiger partial charge >= 0.3 is 6.09 Å². The first kappa shape index (κ1) is 18.6. The van der Waals surface area contributed by atoms with Crippen molar-refractivity contribution in [1.82, 2.24) is 4.90 Å². The van der Waals surface area contributed by atoms with Crippen LogP contribution in [0.2, 0.25) is 0 Å². The van der Waals surface area contributed by atoms with E-state index in [0.717, 1.165) is 43.6 Å². The molecule has 0 bridgehead atoms. The predicted octanol–water partition coefficient (Wildman–Crippen LogP) is 3.42. The van der Waals surface area contributed by atoms with Gasteiger partial charge in [0.1, 0.15) is 5.60 Å². The van der Waals surface area contributed by atoms with Crippen molar-refractivity contribution >= 4 is 11.8 Å². The molecule has 1 saturated heterocycles. The SMILES string of the molecule is CC(C)(C)OC(=O)N1CCC[C@H](Nc2ccc(CCO)cc2)CC1.